The highest BCUT2D eigenvalue weighted by atomic mass is 79.9. The van der Waals surface area contributed by atoms with Gasteiger partial charge in [0.15, 0.2) is 0 Å². The molecule has 17 heavy (non-hydrogen) atoms. The van der Waals surface area contributed by atoms with Crippen molar-refractivity contribution < 1.29 is 9.53 Å². The van der Waals surface area contributed by atoms with Crippen molar-refractivity contribution in [3.8, 4) is 5.75 Å². The molecule has 0 spiro atoms. The van der Waals surface area contributed by atoms with Crippen molar-refractivity contribution in [2.75, 3.05) is 6.54 Å². The van der Waals surface area contributed by atoms with Crippen molar-refractivity contribution in [2.45, 2.75) is 25.9 Å². The number of halogens is 1. The molecule has 0 aliphatic heterocycles. The number of carbonyl (C=O) groups excluding carboxylic acids is 1. The van der Waals surface area contributed by atoms with E-state index in [2.05, 4.69) is 21.2 Å². The minimum Gasteiger partial charge on any atom is -0.488 e. The van der Waals surface area contributed by atoms with Crippen LogP contribution in [0.2, 0.25) is 0 Å². The predicted octanol–water partition coefficient (Wildman–Crippen LogP) is 2.74. The summed E-state index contributed by atoms with van der Waals surface area (Å²) in [4.78, 5) is 11.5. The van der Waals surface area contributed by atoms with Crippen molar-refractivity contribution in [3.05, 3.63) is 28.7 Å². The van der Waals surface area contributed by atoms with Crippen LogP contribution in [-0.4, -0.2) is 18.6 Å². The lowest BCUT2D eigenvalue weighted by molar-refractivity contribution is -0.122. The zero-order valence-electron chi connectivity index (χ0n) is 9.78. The average Bonchev–Trinajstić information content (AvgIpc) is 3.13. The number of hydrogen-bond acceptors (Lipinski definition) is 2. The van der Waals surface area contributed by atoms with Crippen LogP contribution in [0.3, 0.4) is 0 Å². The summed E-state index contributed by atoms with van der Waals surface area (Å²) >= 11 is 3.43. The first-order chi connectivity index (χ1) is 8.16. The van der Waals surface area contributed by atoms with Gasteiger partial charge in [-0.15, -0.1) is 0 Å². The fraction of sp³-hybridized carbons (Fsp3) is 0.462. The maximum atomic E-state index is 11.5. The number of ether oxygens (including phenoxy) is 1. The summed E-state index contributed by atoms with van der Waals surface area (Å²) in [5.41, 5.74) is 0. The molecule has 1 aromatic rings. The molecule has 2 rings (SSSR count). The van der Waals surface area contributed by atoms with Crippen LogP contribution in [-0.2, 0) is 4.79 Å². The third-order valence-corrected chi connectivity index (χ3v) is 3.33. The smallest absolute Gasteiger partial charge is 0.223 e. The van der Waals surface area contributed by atoms with Gasteiger partial charge in [0.1, 0.15) is 11.9 Å². The molecule has 0 aromatic heterocycles. The summed E-state index contributed by atoms with van der Waals surface area (Å²) < 4.78 is 6.66. The molecule has 1 aliphatic carbocycles. The number of nitrogens with one attached hydrogen (secondary N) is 1. The van der Waals surface area contributed by atoms with Crippen molar-refractivity contribution in [2.24, 2.45) is 5.92 Å². The summed E-state index contributed by atoms with van der Waals surface area (Å²) in [5, 5.41) is 2.90. The van der Waals surface area contributed by atoms with E-state index in [4.69, 9.17) is 4.74 Å². The van der Waals surface area contributed by atoms with Crippen LogP contribution >= 0.6 is 15.9 Å². The van der Waals surface area contributed by atoms with E-state index < -0.39 is 0 Å². The molecule has 0 heterocycles. The van der Waals surface area contributed by atoms with Crippen LogP contribution in [0.4, 0.5) is 0 Å². The van der Waals surface area contributed by atoms with Gasteiger partial charge < -0.3 is 10.1 Å². The molecule has 92 valence electrons. The molecule has 1 aliphatic rings. The molecule has 0 radical (unpaired) electrons. The molecule has 3 nitrogen and oxygen atoms in total. The Bertz CT molecular complexity index is 404. The van der Waals surface area contributed by atoms with Crippen LogP contribution in [0, 0.1) is 5.92 Å². The van der Waals surface area contributed by atoms with Crippen LogP contribution in [0.5, 0.6) is 5.75 Å². The molecule has 1 atom stereocenters. The Kier molecular flexibility index (Phi) is 4.05. The highest BCUT2D eigenvalue weighted by Crippen LogP contribution is 2.28. The molecule has 1 aromatic carbocycles. The van der Waals surface area contributed by atoms with E-state index in [9.17, 15) is 4.79 Å². The summed E-state index contributed by atoms with van der Waals surface area (Å²) in [6, 6.07) is 7.71. The fourth-order valence-electron chi connectivity index (χ4n) is 1.53. The van der Waals surface area contributed by atoms with Gasteiger partial charge in [-0.1, -0.05) is 12.1 Å². The average molecular weight is 298 g/mol. The van der Waals surface area contributed by atoms with Gasteiger partial charge >= 0.3 is 0 Å². The van der Waals surface area contributed by atoms with Crippen molar-refractivity contribution in [1.29, 1.82) is 0 Å². The second kappa shape index (κ2) is 5.54. The highest BCUT2D eigenvalue weighted by molar-refractivity contribution is 9.10. The molecule has 1 saturated carbocycles. The van der Waals surface area contributed by atoms with Crippen LogP contribution in [0.15, 0.2) is 28.7 Å². The quantitative estimate of drug-likeness (QED) is 0.907. The van der Waals surface area contributed by atoms with Gasteiger partial charge in [-0.25, -0.2) is 0 Å². The second-order valence-corrected chi connectivity index (χ2v) is 5.23. The van der Waals surface area contributed by atoms with E-state index in [1.807, 2.05) is 31.2 Å². The summed E-state index contributed by atoms with van der Waals surface area (Å²) in [6.45, 7) is 2.50. The van der Waals surface area contributed by atoms with Crippen molar-refractivity contribution in [1.82, 2.24) is 5.32 Å². The Morgan fingerprint density at radius 3 is 2.88 bits per heavy atom. The molecular weight excluding hydrogens is 282 g/mol. The Hall–Kier alpha value is -1.03. The predicted molar refractivity (Wildman–Crippen MR) is 70.0 cm³/mol. The van der Waals surface area contributed by atoms with Gasteiger partial charge in [0.05, 0.1) is 11.0 Å². The first-order valence-electron chi connectivity index (χ1n) is 5.85. The van der Waals surface area contributed by atoms with Gasteiger partial charge in [0, 0.05) is 5.92 Å². The Labute approximate surface area is 110 Å². The summed E-state index contributed by atoms with van der Waals surface area (Å²) in [5.74, 6) is 1.22. The molecule has 1 amide bonds. The SMILES string of the molecule is C[C@@H](CNC(=O)C1CC1)Oc1ccccc1Br. The van der Waals surface area contributed by atoms with Crippen LogP contribution < -0.4 is 10.1 Å². The molecule has 1 fully saturated rings. The largest absolute Gasteiger partial charge is 0.488 e. The van der Waals surface area contributed by atoms with Gasteiger partial charge in [0.25, 0.3) is 0 Å². The molecule has 0 unspecified atom stereocenters. The van der Waals surface area contributed by atoms with Gasteiger partial charge in [-0.3, -0.25) is 4.79 Å². The van der Waals surface area contributed by atoms with Crippen LogP contribution in [0.25, 0.3) is 0 Å². The first kappa shape index (κ1) is 12.4. The van der Waals surface area contributed by atoms with Crippen molar-refractivity contribution >= 4 is 21.8 Å². The number of benzene rings is 1. The number of hydrogen-bond donors (Lipinski definition) is 1. The third-order valence-electron chi connectivity index (χ3n) is 2.68. The molecular formula is C13H16BrNO2. The minimum absolute atomic E-state index is 0.0311. The minimum atomic E-state index is -0.0311. The standard InChI is InChI=1S/C13H16BrNO2/c1-9(8-15-13(16)10-6-7-10)17-12-5-3-2-4-11(12)14/h2-5,9-10H,6-8H2,1H3,(H,15,16)/t9-/m0/s1. The number of carbonyl (C=O) groups is 1. The Morgan fingerprint density at radius 2 is 2.24 bits per heavy atom. The van der Waals surface area contributed by atoms with E-state index in [-0.39, 0.29) is 17.9 Å². The van der Waals surface area contributed by atoms with Gasteiger partial charge in [-0.05, 0) is 47.8 Å². The van der Waals surface area contributed by atoms with E-state index in [1.165, 1.54) is 0 Å². The van der Waals surface area contributed by atoms with E-state index in [0.29, 0.717) is 6.54 Å². The molecule has 4 heteroatoms. The zero-order chi connectivity index (χ0) is 12.3. The van der Waals surface area contributed by atoms with E-state index in [0.717, 1.165) is 23.1 Å². The Balaban J connectivity index is 1.78. The van der Waals surface area contributed by atoms with Gasteiger partial charge in [0.2, 0.25) is 5.91 Å². The molecule has 0 saturated heterocycles. The lowest BCUT2D eigenvalue weighted by Gasteiger charge is -2.16. The van der Waals surface area contributed by atoms with Crippen LogP contribution in [0.1, 0.15) is 19.8 Å². The molecule has 0 bridgehead atoms. The zero-order valence-corrected chi connectivity index (χ0v) is 11.4. The first-order valence-corrected chi connectivity index (χ1v) is 6.65. The number of amides is 1. The summed E-state index contributed by atoms with van der Waals surface area (Å²) in [7, 11) is 0. The Morgan fingerprint density at radius 1 is 1.53 bits per heavy atom. The third kappa shape index (κ3) is 3.73. The number of para-hydroxylation sites is 1. The lowest BCUT2D eigenvalue weighted by Crippen LogP contribution is -2.34. The highest BCUT2D eigenvalue weighted by Gasteiger charge is 2.29. The monoisotopic (exact) mass is 297 g/mol. The maximum Gasteiger partial charge on any atom is 0.223 e. The molecule has 1 N–H and O–H groups in total. The summed E-state index contributed by atoms with van der Waals surface area (Å²) in [6.07, 6.45) is 2.03. The van der Waals surface area contributed by atoms with E-state index >= 15 is 0 Å². The normalized spacial score (nSPS) is 16.4. The van der Waals surface area contributed by atoms with E-state index in [1.54, 1.807) is 0 Å². The second-order valence-electron chi connectivity index (χ2n) is 4.38. The lowest BCUT2D eigenvalue weighted by atomic mass is 10.3. The fourth-order valence-corrected chi connectivity index (χ4v) is 1.91. The number of rotatable bonds is 5. The van der Waals surface area contributed by atoms with Crippen molar-refractivity contribution in [3.63, 3.8) is 0 Å². The topological polar surface area (TPSA) is 38.3 Å². The van der Waals surface area contributed by atoms with Gasteiger partial charge in [-0.2, -0.15) is 0 Å². The maximum absolute atomic E-state index is 11.5.